The summed E-state index contributed by atoms with van der Waals surface area (Å²) >= 11 is 0. The Labute approximate surface area is 124 Å². The number of aliphatic carboxylic acids is 1. The third-order valence-corrected chi connectivity index (χ3v) is 2.72. The second-order valence-electron chi connectivity index (χ2n) is 5.23. The monoisotopic (exact) mass is 294 g/mol. The van der Waals surface area contributed by atoms with E-state index in [0.29, 0.717) is 18.0 Å². The van der Waals surface area contributed by atoms with Gasteiger partial charge in [-0.15, -0.1) is 0 Å². The molecular weight excluding hydrogens is 272 g/mol. The second-order valence-corrected chi connectivity index (χ2v) is 5.23. The zero-order chi connectivity index (χ0) is 15.8. The minimum absolute atomic E-state index is 0.0521. The van der Waals surface area contributed by atoms with Crippen LogP contribution in [0, 0.1) is 5.92 Å². The number of nitrogens with one attached hydrogen (secondary N) is 1. The number of carboxylic acids is 1. The van der Waals surface area contributed by atoms with Gasteiger partial charge in [0.25, 0.3) is 0 Å². The molecule has 1 amide bonds. The molecule has 6 nitrogen and oxygen atoms in total. The molecule has 1 aromatic rings. The average Bonchev–Trinajstić information content (AvgIpc) is 2.37. The van der Waals surface area contributed by atoms with Crippen molar-refractivity contribution < 1.29 is 19.4 Å². The van der Waals surface area contributed by atoms with Gasteiger partial charge in [-0.25, -0.2) is 0 Å². The number of amides is 1. The number of carbonyl (C=O) groups excluding carboxylic acids is 1. The van der Waals surface area contributed by atoms with Crippen LogP contribution in [0.25, 0.3) is 0 Å². The predicted octanol–water partition coefficient (Wildman–Crippen LogP) is 1.68. The summed E-state index contributed by atoms with van der Waals surface area (Å²) < 4.78 is 5.04. The molecule has 116 valence electrons. The summed E-state index contributed by atoms with van der Waals surface area (Å²) in [7, 11) is 1.57. The molecule has 0 spiro atoms. The van der Waals surface area contributed by atoms with Gasteiger partial charge in [-0.1, -0.05) is 13.8 Å². The fraction of sp³-hybridized carbons (Fsp3) is 0.467. The van der Waals surface area contributed by atoms with Gasteiger partial charge in [-0.3, -0.25) is 14.5 Å². The highest BCUT2D eigenvalue weighted by Crippen LogP contribution is 2.14. The first-order valence-corrected chi connectivity index (χ1v) is 6.78. The smallest absolute Gasteiger partial charge is 0.317 e. The Morgan fingerprint density at radius 1 is 1.24 bits per heavy atom. The maximum Gasteiger partial charge on any atom is 0.317 e. The number of ether oxygens (including phenoxy) is 1. The van der Waals surface area contributed by atoms with Gasteiger partial charge in [0, 0.05) is 12.2 Å². The number of hydrogen-bond donors (Lipinski definition) is 2. The maximum atomic E-state index is 12.0. The number of carbonyl (C=O) groups is 2. The lowest BCUT2D eigenvalue weighted by atomic mass is 10.2. The number of methoxy groups -OCH3 is 1. The molecule has 21 heavy (non-hydrogen) atoms. The molecule has 0 bridgehead atoms. The van der Waals surface area contributed by atoms with Gasteiger partial charge in [0.2, 0.25) is 5.91 Å². The molecule has 1 aromatic carbocycles. The predicted molar refractivity (Wildman–Crippen MR) is 80.5 cm³/mol. The van der Waals surface area contributed by atoms with Crippen LogP contribution in [0.1, 0.15) is 13.8 Å². The molecule has 0 fully saturated rings. The van der Waals surface area contributed by atoms with E-state index in [1.54, 1.807) is 36.3 Å². The molecule has 0 aromatic heterocycles. The summed E-state index contributed by atoms with van der Waals surface area (Å²) in [6, 6.07) is 6.97. The highest BCUT2D eigenvalue weighted by molar-refractivity contribution is 5.92. The van der Waals surface area contributed by atoms with Crippen molar-refractivity contribution in [2.45, 2.75) is 13.8 Å². The number of hydrogen-bond acceptors (Lipinski definition) is 4. The molecule has 0 saturated heterocycles. The van der Waals surface area contributed by atoms with Crippen molar-refractivity contribution in [3.05, 3.63) is 24.3 Å². The number of anilines is 1. The van der Waals surface area contributed by atoms with E-state index in [1.165, 1.54) is 0 Å². The number of nitrogens with zero attached hydrogens (tertiary/aromatic N) is 1. The SMILES string of the molecule is COc1ccc(NC(=O)CN(CC(=O)O)CC(C)C)cc1. The van der Waals surface area contributed by atoms with Crippen molar-refractivity contribution in [2.75, 3.05) is 32.1 Å². The summed E-state index contributed by atoms with van der Waals surface area (Å²) in [5, 5.41) is 11.6. The summed E-state index contributed by atoms with van der Waals surface area (Å²) in [5.74, 6) is -0.173. The van der Waals surface area contributed by atoms with E-state index in [9.17, 15) is 9.59 Å². The average molecular weight is 294 g/mol. The van der Waals surface area contributed by atoms with Gasteiger partial charge in [0.15, 0.2) is 0 Å². The van der Waals surface area contributed by atoms with E-state index in [1.807, 2.05) is 13.8 Å². The third kappa shape index (κ3) is 6.76. The minimum Gasteiger partial charge on any atom is -0.497 e. The van der Waals surface area contributed by atoms with E-state index in [2.05, 4.69) is 5.32 Å². The van der Waals surface area contributed by atoms with Gasteiger partial charge >= 0.3 is 5.97 Å². The van der Waals surface area contributed by atoms with E-state index in [0.717, 1.165) is 0 Å². The lowest BCUT2D eigenvalue weighted by molar-refractivity contribution is -0.138. The van der Waals surface area contributed by atoms with E-state index >= 15 is 0 Å². The van der Waals surface area contributed by atoms with Crippen molar-refractivity contribution >= 4 is 17.6 Å². The normalized spacial score (nSPS) is 10.7. The molecule has 1 rings (SSSR count). The van der Waals surface area contributed by atoms with E-state index in [-0.39, 0.29) is 24.9 Å². The molecule has 0 aliphatic heterocycles. The quantitative estimate of drug-likeness (QED) is 0.762. The molecule has 6 heteroatoms. The number of carboxylic acid groups (broad SMARTS) is 1. The van der Waals surface area contributed by atoms with E-state index in [4.69, 9.17) is 9.84 Å². The molecule has 0 saturated carbocycles. The van der Waals surface area contributed by atoms with Crippen molar-refractivity contribution in [3.63, 3.8) is 0 Å². The lowest BCUT2D eigenvalue weighted by Crippen LogP contribution is -2.39. The topological polar surface area (TPSA) is 78.9 Å². The summed E-state index contributed by atoms with van der Waals surface area (Å²) in [6.45, 7) is 4.43. The Kier molecular flexibility index (Phi) is 6.68. The molecule has 0 radical (unpaired) electrons. The fourth-order valence-corrected chi connectivity index (χ4v) is 1.97. The fourth-order valence-electron chi connectivity index (χ4n) is 1.97. The third-order valence-electron chi connectivity index (χ3n) is 2.72. The van der Waals surface area contributed by atoms with Crippen LogP contribution in [-0.2, 0) is 9.59 Å². The molecule has 0 unspecified atom stereocenters. The van der Waals surface area contributed by atoms with Gasteiger partial charge in [0.05, 0.1) is 20.2 Å². The van der Waals surface area contributed by atoms with Crippen LogP contribution in [0.3, 0.4) is 0 Å². The molecule has 0 aliphatic carbocycles. The molecule has 2 N–H and O–H groups in total. The Balaban J connectivity index is 2.57. The zero-order valence-corrected chi connectivity index (χ0v) is 12.6. The highest BCUT2D eigenvalue weighted by Gasteiger charge is 2.15. The Morgan fingerprint density at radius 2 is 1.86 bits per heavy atom. The molecule has 0 heterocycles. The van der Waals surface area contributed by atoms with Crippen molar-refractivity contribution in [3.8, 4) is 5.75 Å². The minimum atomic E-state index is -0.937. The Hall–Kier alpha value is -2.08. The Morgan fingerprint density at radius 3 is 2.33 bits per heavy atom. The lowest BCUT2D eigenvalue weighted by Gasteiger charge is -2.21. The number of rotatable bonds is 8. The van der Waals surface area contributed by atoms with Gasteiger partial charge in [-0.2, -0.15) is 0 Å². The first kappa shape index (κ1) is 17.0. The summed E-state index contributed by atoms with van der Waals surface area (Å²) in [6.07, 6.45) is 0. The van der Waals surface area contributed by atoms with Crippen LogP contribution in [0.5, 0.6) is 5.75 Å². The van der Waals surface area contributed by atoms with Crippen LogP contribution in [0.15, 0.2) is 24.3 Å². The zero-order valence-electron chi connectivity index (χ0n) is 12.6. The molecule has 0 aliphatic rings. The van der Waals surface area contributed by atoms with Crippen LogP contribution in [-0.4, -0.2) is 48.6 Å². The number of benzene rings is 1. The van der Waals surface area contributed by atoms with Crippen molar-refractivity contribution in [1.82, 2.24) is 4.90 Å². The van der Waals surface area contributed by atoms with Crippen LogP contribution >= 0.6 is 0 Å². The first-order valence-electron chi connectivity index (χ1n) is 6.78. The van der Waals surface area contributed by atoms with Gasteiger partial charge in [0.1, 0.15) is 5.75 Å². The first-order chi connectivity index (χ1) is 9.90. The van der Waals surface area contributed by atoms with E-state index < -0.39 is 5.97 Å². The summed E-state index contributed by atoms with van der Waals surface area (Å²) in [4.78, 5) is 24.4. The van der Waals surface area contributed by atoms with Crippen LogP contribution in [0.2, 0.25) is 0 Å². The standard InChI is InChI=1S/C15H22N2O4/c1-11(2)8-17(10-15(19)20)9-14(18)16-12-4-6-13(21-3)7-5-12/h4-7,11H,8-10H2,1-3H3,(H,16,18)(H,19,20). The summed E-state index contributed by atoms with van der Waals surface area (Å²) in [5.41, 5.74) is 0.653. The van der Waals surface area contributed by atoms with Gasteiger partial charge < -0.3 is 15.2 Å². The molecule has 0 atom stereocenters. The van der Waals surface area contributed by atoms with Crippen LogP contribution in [0.4, 0.5) is 5.69 Å². The van der Waals surface area contributed by atoms with Crippen molar-refractivity contribution in [1.29, 1.82) is 0 Å². The second kappa shape index (κ2) is 8.26. The largest absolute Gasteiger partial charge is 0.497 e. The maximum absolute atomic E-state index is 12.0. The van der Waals surface area contributed by atoms with Crippen molar-refractivity contribution in [2.24, 2.45) is 5.92 Å². The highest BCUT2D eigenvalue weighted by atomic mass is 16.5. The van der Waals surface area contributed by atoms with Gasteiger partial charge in [-0.05, 0) is 30.2 Å². The van der Waals surface area contributed by atoms with Crippen LogP contribution < -0.4 is 10.1 Å². The molecular formula is C15H22N2O4. The Bertz CT molecular complexity index is 471.